The van der Waals surface area contributed by atoms with Gasteiger partial charge >= 0.3 is 6.09 Å². The van der Waals surface area contributed by atoms with Crippen molar-refractivity contribution in [3.05, 3.63) is 48.3 Å². The van der Waals surface area contributed by atoms with E-state index in [0.717, 1.165) is 12.6 Å². The van der Waals surface area contributed by atoms with Crippen molar-refractivity contribution in [2.24, 2.45) is 0 Å². The van der Waals surface area contributed by atoms with Crippen LogP contribution in [0.25, 0.3) is 11.1 Å². The summed E-state index contributed by atoms with van der Waals surface area (Å²) in [6.07, 6.45) is 1.12. The zero-order valence-corrected chi connectivity index (χ0v) is 15.3. The molecule has 0 aromatic heterocycles. The zero-order valence-electron chi connectivity index (χ0n) is 14.5. The summed E-state index contributed by atoms with van der Waals surface area (Å²) in [6.45, 7) is 0.556. The van der Waals surface area contributed by atoms with Crippen molar-refractivity contribution in [2.45, 2.75) is 11.0 Å². The maximum Gasteiger partial charge on any atom is 0.414 e. The summed E-state index contributed by atoms with van der Waals surface area (Å²) >= 11 is 0. The van der Waals surface area contributed by atoms with E-state index in [1.54, 1.807) is 6.07 Å². The highest BCUT2D eigenvalue weighted by Gasteiger charge is 2.32. The number of anilines is 1. The molecule has 2 N–H and O–H groups in total. The van der Waals surface area contributed by atoms with E-state index in [1.165, 1.54) is 41.3 Å². The van der Waals surface area contributed by atoms with Gasteiger partial charge in [0.25, 0.3) is 0 Å². The van der Waals surface area contributed by atoms with Gasteiger partial charge in [0.15, 0.2) is 9.84 Å². The Morgan fingerprint density at radius 3 is 2.59 bits per heavy atom. The third-order valence-electron chi connectivity index (χ3n) is 4.18. The van der Waals surface area contributed by atoms with E-state index in [9.17, 15) is 17.6 Å². The average Bonchev–Trinajstić information content (AvgIpc) is 3.00. The number of halogens is 1. The third kappa shape index (κ3) is 4.08. The van der Waals surface area contributed by atoms with Crippen molar-refractivity contribution >= 4 is 28.0 Å². The highest BCUT2D eigenvalue weighted by atomic mass is 32.2. The molecule has 1 amide bonds. The van der Waals surface area contributed by atoms with Crippen molar-refractivity contribution in [1.29, 1.82) is 5.41 Å². The summed E-state index contributed by atoms with van der Waals surface area (Å²) in [5.41, 5.74) is 1.20. The van der Waals surface area contributed by atoms with Gasteiger partial charge in [0, 0.05) is 11.8 Å². The molecule has 1 atom stereocenters. The molecule has 0 aliphatic carbocycles. The topological polar surface area (TPSA) is 99.6 Å². The SMILES string of the molecule is CS(=O)(=O)c1ccc(-c2ccc(N3C[C@H](CNC=N)OC3=O)cc2F)cc1. The Kier molecular flexibility index (Phi) is 5.13. The van der Waals surface area contributed by atoms with Gasteiger partial charge in [0.2, 0.25) is 0 Å². The molecule has 0 unspecified atom stereocenters. The largest absolute Gasteiger partial charge is 0.442 e. The number of nitrogens with one attached hydrogen (secondary N) is 2. The van der Waals surface area contributed by atoms with Crippen LogP contribution in [0.2, 0.25) is 0 Å². The van der Waals surface area contributed by atoms with Gasteiger partial charge in [-0.2, -0.15) is 0 Å². The van der Waals surface area contributed by atoms with Crippen LogP contribution in [0, 0.1) is 11.2 Å². The van der Waals surface area contributed by atoms with Gasteiger partial charge in [-0.1, -0.05) is 12.1 Å². The summed E-state index contributed by atoms with van der Waals surface area (Å²) in [5.74, 6) is -0.534. The molecule has 142 valence electrons. The Morgan fingerprint density at radius 1 is 1.30 bits per heavy atom. The van der Waals surface area contributed by atoms with Crippen molar-refractivity contribution in [3.63, 3.8) is 0 Å². The quantitative estimate of drug-likeness (QED) is 0.582. The summed E-state index contributed by atoms with van der Waals surface area (Å²) in [6, 6.07) is 10.3. The summed E-state index contributed by atoms with van der Waals surface area (Å²) in [7, 11) is -3.32. The van der Waals surface area contributed by atoms with Gasteiger partial charge in [-0.05, 0) is 35.9 Å². The lowest BCUT2D eigenvalue weighted by atomic mass is 10.0. The number of hydrogen-bond donors (Lipinski definition) is 2. The van der Waals surface area contributed by atoms with Gasteiger partial charge in [-0.25, -0.2) is 17.6 Å². The van der Waals surface area contributed by atoms with Crippen LogP contribution in [0.5, 0.6) is 0 Å². The first-order valence-electron chi connectivity index (χ1n) is 8.10. The molecular weight excluding hydrogens is 373 g/mol. The molecule has 2 aromatic rings. The number of rotatable bonds is 6. The summed E-state index contributed by atoms with van der Waals surface area (Å²) in [4.78, 5) is 13.5. The molecule has 1 fully saturated rings. The molecular formula is C18H18FN3O4S. The molecule has 1 saturated heterocycles. The van der Waals surface area contributed by atoms with Crippen molar-refractivity contribution < 1.29 is 22.3 Å². The fourth-order valence-corrected chi connectivity index (χ4v) is 3.45. The lowest BCUT2D eigenvalue weighted by Crippen LogP contribution is -2.30. The van der Waals surface area contributed by atoms with E-state index in [-0.39, 0.29) is 11.4 Å². The molecule has 2 aromatic carbocycles. The first-order chi connectivity index (χ1) is 12.8. The monoisotopic (exact) mass is 391 g/mol. The molecule has 1 aliphatic rings. The van der Waals surface area contributed by atoms with E-state index in [0.29, 0.717) is 23.4 Å². The maximum atomic E-state index is 14.6. The maximum absolute atomic E-state index is 14.6. The highest BCUT2D eigenvalue weighted by Crippen LogP contribution is 2.29. The minimum absolute atomic E-state index is 0.160. The van der Waals surface area contributed by atoms with E-state index >= 15 is 0 Å². The number of nitrogens with zero attached hydrogens (tertiary/aromatic N) is 1. The number of hydrogen-bond acceptors (Lipinski definition) is 5. The first kappa shape index (κ1) is 18.8. The molecule has 0 saturated carbocycles. The van der Waals surface area contributed by atoms with E-state index in [1.807, 2.05) is 0 Å². The number of carbonyl (C=O) groups is 1. The fourth-order valence-electron chi connectivity index (χ4n) is 2.82. The minimum Gasteiger partial charge on any atom is -0.442 e. The van der Waals surface area contributed by atoms with Crippen LogP contribution in [0.1, 0.15) is 0 Å². The second-order valence-corrected chi connectivity index (χ2v) is 8.15. The number of carbonyl (C=O) groups excluding carboxylic acids is 1. The smallest absolute Gasteiger partial charge is 0.414 e. The lowest BCUT2D eigenvalue weighted by molar-refractivity contribution is 0.143. The van der Waals surface area contributed by atoms with Gasteiger partial charge in [0.1, 0.15) is 11.9 Å². The van der Waals surface area contributed by atoms with E-state index < -0.39 is 27.9 Å². The van der Waals surface area contributed by atoms with Crippen molar-refractivity contribution in [1.82, 2.24) is 5.32 Å². The minimum atomic E-state index is -3.32. The molecule has 3 rings (SSSR count). The molecule has 0 bridgehead atoms. The van der Waals surface area contributed by atoms with Crippen LogP contribution < -0.4 is 10.2 Å². The predicted octanol–water partition coefficient (Wildman–Crippen LogP) is 2.42. The van der Waals surface area contributed by atoms with Crippen molar-refractivity contribution in [3.8, 4) is 11.1 Å². The van der Waals surface area contributed by atoms with Crippen LogP contribution in [0.3, 0.4) is 0 Å². The third-order valence-corrected chi connectivity index (χ3v) is 5.31. The van der Waals surface area contributed by atoms with Crippen LogP contribution in [-0.4, -0.2) is 46.3 Å². The Hall–Kier alpha value is -2.94. The molecule has 1 aliphatic heterocycles. The standard InChI is InChI=1S/C18H18FN3O4S/c1-27(24,25)15-5-2-12(3-6-15)16-7-4-13(8-17(16)19)22-10-14(9-21-11-20)26-18(22)23/h2-8,11,14H,9-10H2,1H3,(H2,20,21)/t14-/m0/s1. The highest BCUT2D eigenvalue weighted by molar-refractivity contribution is 7.90. The van der Waals surface area contributed by atoms with Crippen LogP contribution in [-0.2, 0) is 14.6 Å². The number of ether oxygens (including phenoxy) is 1. The van der Waals surface area contributed by atoms with E-state index in [2.05, 4.69) is 5.32 Å². The van der Waals surface area contributed by atoms with Crippen molar-refractivity contribution in [2.75, 3.05) is 24.2 Å². The molecule has 0 spiro atoms. The van der Waals surface area contributed by atoms with Crippen LogP contribution >= 0.6 is 0 Å². The Morgan fingerprint density at radius 2 is 2.00 bits per heavy atom. The van der Waals surface area contributed by atoms with Gasteiger partial charge in [0.05, 0.1) is 30.0 Å². The number of amides is 1. The second kappa shape index (κ2) is 7.36. The lowest BCUT2D eigenvalue weighted by Gasteiger charge is -2.14. The molecule has 27 heavy (non-hydrogen) atoms. The zero-order chi connectivity index (χ0) is 19.6. The van der Waals surface area contributed by atoms with Crippen LogP contribution in [0.4, 0.5) is 14.9 Å². The van der Waals surface area contributed by atoms with Crippen LogP contribution in [0.15, 0.2) is 47.4 Å². The first-order valence-corrected chi connectivity index (χ1v) is 9.99. The van der Waals surface area contributed by atoms with Gasteiger partial charge < -0.3 is 10.1 Å². The normalized spacial score (nSPS) is 16.9. The number of sulfone groups is 1. The van der Waals surface area contributed by atoms with Gasteiger partial charge in [-0.15, -0.1) is 0 Å². The Bertz CT molecular complexity index is 977. The number of cyclic esters (lactones) is 1. The Labute approximate surface area is 156 Å². The summed E-state index contributed by atoms with van der Waals surface area (Å²) in [5, 5.41) is 9.60. The fraction of sp³-hybridized carbons (Fsp3) is 0.222. The average molecular weight is 391 g/mol. The second-order valence-electron chi connectivity index (χ2n) is 6.13. The molecule has 9 heteroatoms. The van der Waals surface area contributed by atoms with E-state index in [4.69, 9.17) is 10.1 Å². The molecule has 0 radical (unpaired) electrons. The molecule has 1 heterocycles. The Balaban J connectivity index is 1.82. The molecule has 7 nitrogen and oxygen atoms in total. The van der Waals surface area contributed by atoms with Gasteiger partial charge in [-0.3, -0.25) is 10.3 Å². The number of benzene rings is 2. The summed E-state index contributed by atoms with van der Waals surface area (Å²) < 4.78 is 42.8. The predicted molar refractivity (Wildman–Crippen MR) is 99.3 cm³/mol.